The minimum Gasteiger partial charge on any atom is -0.405 e. The number of aromatic nitrogens is 4. The van der Waals surface area contributed by atoms with Crippen molar-refractivity contribution in [3.05, 3.63) is 120 Å². The van der Waals surface area contributed by atoms with Gasteiger partial charge in [-0.15, -0.1) is 22.9 Å². The number of hydrogen-bond donors (Lipinski definition) is 0. The van der Waals surface area contributed by atoms with Crippen molar-refractivity contribution in [2.24, 2.45) is 0 Å². The van der Waals surface area contributed by atoms with E-state index in [4.69, 9.17) is 9.97 Å². The molecule has 0 aliphatic heterocycles. The first-order valence-electron chi connectivity index (χ1n) is 11.9. The van der Waals surface area contributed by atoms with Gasteiger partial charge in [-0.25, -0.2) is 0 Å². The van der Waals surface area contributed by atoms with Crippen LogP contribution >= 0.6 is 0 Å². The van der Waals surface area contributed by atoms with Gasteiger partial charge < -0.3 is 9.13 Å². The molecule has 2 aromatic carbocycles. The molecule has 4 nitrogen and oxygen atoms in total. The predicted octanol–water partition coefficient (Wildman–Crippen LogP) is 6.91. The molecule has 6 rings (SSSR count). The van der Waals surface area contributed by atoms with Gasteiger partial charge >= 0.3 is 20.4 Å². The van der Waals surface area contributed by atoms with Crippen LogP contribution in [0.5, 0.6) is 0 Å². The molecule has 180 valence electrons. The normalized spacial score (nSPS) is 11.7. The summed E-state index contributed by atoms with van der Waals surface area (Å²) in [6.45, 7) is 8.58. The van der Waals surface area contributed by atoms with E-state index in [2.05, 4.69) is 110 Å². The van der Waals surface area contributed by atoms with E-state index in [1.54, 1.807) is 0 Å². The third-order valence-corrected chi connectivity index (χ3v) is 6.98. The minimum atomic E-state index is -0.396. The molecule has 5 heteroatoms. The van der Waals surface area contributed by atoms with Crippen molar-refractivity contribution in [2.75, 3.05) is 0 Å². The number of benzene rings is 2. The number of nitrogens with zero attached hydrogens (tertiary/aromatic N) is 4. The van der Waals surface area contributed by atoms with Crippen LogP contribution in [0.15, 0.2) is 84.9 Å². The van der Waals surface area contributed by atoms with Gasteiger partial charge in [0.1, 0.15) is 0 Å². The van der Waals surface area contributed by atoms with E-state index in [-0.39, 0.29) is 20.4 Å². The molecule has 0 saturated heterocycles. The van der Waals surface area contributed by atoms with Gasteiger partial charge in [0.2, 0.25) is 0 Å². The second kappa shape index (κ2) is 9.17. The summed E-state index contributed by atoms with van der Waals surface area (Å²) in [5.74, 6) is 1.72. The Morgan fingerprint density at radius 1 is 0.583 bits per heavy atom. The zero-order valence-corrected chi connectivity index (χ0v) is 22.2. The summed E-state index contributed by atoms with van der Waals surface area (Å²) in [5, 5.41) is 4.58. The van der Waals surface area contributed by atoms with Crippen LogP contribution < -0.4 is 0 Å². The zero-order valence-electron chi connectivity index (χ0n) is 20.7. The summed E-state index contributed by atoms with van der Waals surface area (Å²) in [4.78, 5) is 10.2. The van der Waals surface area contributed by atoms with Gasteiger partial charge in [-0.2, -0.15) is 0 Å². The summed E-state index contributed by atoms with van der Waals surface area (Å²) in [6, 6.07) is 29.0. The number of rotatable bonds is 4. The molecule has 0 spiro atoms. The quantitative estimate of drug-likeness (QED) is 0.174. The first-order chi connectivity index (χ1) is 16.9. The van der Waals surface area contributed by atoms with Crippen molar-refractivity contribution >= 4 is 21.5 Å². The fourth-order valence-corrected chi connectivity index (χ4v) is 4.82. The summed E-state index contributed by atoms with van der Waals surface area (Å²) >= 11 is 0. The van der Waals surface area contributed by atoms with Crippen LogP contribution in [0.25, 0.3) is 33.2 Å². The molecule has 0 atom stereocenters. The van der Waals surface area contributed by atoms with Gasteiger partial charge in [-0.3, -0.25) is 9.97 Å². The zero-order chi connectivity index (χ0) is 24.2. The Balaban J connectivity index is 0.00000267. The van der Waals surface area contributed by atoms with Gasteiger partial charge in [0.15, 0.2) is 0 Å². The van der Waals surface area contributed by atoms with Gasteiger partial charge in [-0.1, -0.05) is 96.7 Å². The Bertz CT molecular complexity index is 1580. The number of pyridine rings is 2. The molecule has 0 radical (unpaired) electrons. The topological polar surface area (TPSA) is 35.6 Å². The van der Waals surface area contributed by atoms with E-state index in [1.807, 2.05) is 24.3 Å². The van der Waals surface area contributed by atoms with Gasteiger partial charge in [-0.05, 0) is 38.4 Å². The number of fused-ring (bicyclic) bond motifs is 2. The molecular weight excluding hydrogens is 535 g/mol. The molecule has 0 unspecified atom stereocenters. The van der Waals surface area contributed by atoms with Crippen LogP contribution in [0.4, 0.5) is 0 Å². The molecule has 4 heterocycles. The van der Waals surface area contributed by atoms with E-state index in [0.29, 0.717) is 0 Å². The minimum absolute atomic E-state index is 0. The Morgan fingerprint density at radius 3 is 1.42 bits per heavy atom. The summed E-state index contributed by atoms with van der Waals surface area (Å²) in [5.41, 5.74) is 3.79. The van der Waals surface area contributed by atoms with Crippen molar-refractivity contribution in [2.45, 2.75) is 33.1 Å². The van der Waals surface area contributed by atoms with E-state index in [1.165, 1.54) is 10.8 Å². The van der Waals surface area contributed by atoms with Crippen LogP contribution in [0.3, 0.4) is 0 Å². The maximum atomic E-state index is 5.08. The second-order valence-electron chi connectivity index (χ2n) is 9.54. The van der Waals surface area contributed by atoms with Gasteiger partial charge in [0.25, 0.3) is 0 Å². The van der Waals surface area contributed by atoms with Crippen molar-refractivity contribution in [1.82, 2.24) is 19.1 Å². The van der Waals surface area contributed by atoms with Crippen LogP contribution in [0.1, 0.15) is 36.6 Å². The monoisotopic (exact) mass is 560 g/mol. The molecule has 4 aromatic heterocycles. The Labute approximate surface area is 225 Å². The Hall–Kier alpha value is -3.52. The first kappa shape index (κ1) is 24.2. The molecule has 0 aliphatic rings. The maximum Gasteiger partial charge on any atom is 2.00 e. The summed E-state index contributed by atoms with van der Waals surface area (Å²) in [6.07, 6.45) is 6.96. The van der Waals surface area contributed by atoms with Crippen molar-refractivity contribution in [1.29, 1.82) is 0 Å². The standard InChI is InChI=1S/C31H26N4.Pd/c1-21-25-13-7-5-11-23(25)19-34(21)29-17-9-15-27(32-29)31(3,4)28-16-10-18-30(33-28)35-20-24-12-6-8-14-26(24)22(35)2;/h5-18H,1-4H3;/q-2;+2. The number of hydrogen-bond acceptors (Lipinski definition) is 2. The first-order valence-corrected chi connectivity index (χ1v) is 11.9. The smallest absolute Gasteiger partial charge is 0.405 e. The molecule has 0 fully saturated rings. The molecule has 0 saturated carbocycles. The van der Waals surface area contributed by atoms with Crippen LogP contribution in [0.2, 0.25) is 0 Å². The average Bonchev–Trinajstić information content (AvgIpc) is 3.41. The Kier molecular flexibility index (Phi) is 6.16. The third kappa shape index (κ3) is 3.89. The SMILES string of the molecule is Cc1c2ccccc2[c-]n1-c1cccc(C(C)(C)c2cccc(-n3[c-]c4ccccc4c3C)n2)n1.[Pd+2]. The molecular formula is C31H26N4Pd. The largest absolute Gasteiger partial charge is 2.00 e. The van der Waals surface area contributed by atoms with Crippen molar-refractivity contribution < 1.29 is 20.4 Å². The average molecular weight is 561 g/mol. The molecule has 0 aliphatic carbocycles. The van der Waals surface area contributed by atoms with E-state index < -0.39 is 5.41 Å². The molecule has 36 heavy (non-hydrogen) atoms. The van der Waals surface area contributed by atoms with E-state index in [9.17, 15) is 0 Å². The summed E-state index contributed by atoms with van der Waals surface area (Å²) < 4.78 is 4.11. The van der Waals surface area contributed by atoms with Crippen molar-refractivity contribution in [3.8, 4) is 11.6 Å². The van der Waals surface area contributed by atoms with Gasteiger partial charge in [0.05, 0.1) is 11.6 Å². The predicted molar refractivity (Wildman–Crippen MR) is 141 cm³/mol. The fourth-order valence-electron chi connectivity index (χ4n) is 4.82. The molecule has 0 N–H and O–H groups in total. The van der Waals surface area contributed by atoms with E-state index in [0.717, 1.165) is 45.2 Å². The van der Waals surface area contributed by atoms with Crippen LogP contribution in [0, 0.1) is 26.2 Å². The van der Waals surface area contributed by atoms with E-state index >= 15 is 0 Å². The second-order valence-corrected chi connectivity index (χ2v) is 9.54. The maximum absolute atomic E-state index is 5.08. The molecule has 0 amide bonds. The third-order valence-electron chi connectivity index (χ3n) is 6.98. The van der Waals surface area contributed by atoms with Crippen LogP contribution in [-0.2, 0) is 25.8 Å². The molecule has 6 aromatic rings. The van der Waals surface area contributed by atoms with Crippen LogP contribution in [-0.4, -0.2) is 19.1 Å². The number of aryl methyl sites for hydroxylation is 2. The van der Waals surface area contributed by atoms with Crippen molar-refractivity contribution in [3.63, 3.8) is 0 Å². The van der Waals surface area contributed by atoms with Gasteiger partial charge in [0, 0.05) is 16.8 Å². The Morgan fingerprint density at radius 2 is 1.00 bits per heavy atom. The summed E-state index contributed by atoms with van der Waals surface area (Å²) in [7, 11) is 0. The molecule has 0 bridgehead atoms. The fraction of sp³-hybridized carbons (Fsp3) is 0.161.